The van der Waals surface area contributed by atoms with Gasteiger partial charge in [0, 0.05) is 11.6 Å². The molecule has 0 unspecified atom stereocenters. The van der Waals surface area contributed by atoms with E-state index in [2.05, 4.69) is 4.98 Å². The molecule has 5 nitrogen and oxygen atoms in total. The summed E-state index contributed by atoms with van der Waals surface area (Å²) in [6, 6.07) is 7.43. The summed E-state index contributed by atoms with van der Waals surface area (Å²) in [5.41, 5.74) is 7.18. The normalized spacial score (nSPS) is 10.9. The lowest BCUT2D eigenvalue weighted by molar-refractivity contribution is 0.0929. The highest BCUT2D eigenvalue weighted by Gasteiger charge is 2.17. The van der Waals surface area contributed by atoms with Crippen LogP contribution in [0.4, 0.5) is 5.69 Å². The van der Waals surface area contributed by atoms with Crippen LogP contribution in [0.2, 0.25) is 0 Å². The second-order valence-corrected chi connectivity index (χ2v) is 4.05. The van der Waals surface area contributed by atoms with Gasteiger partial charge in [0.2, 0.25) is 0 Å². The lowest BCUT2D eigenvalue weighted by atomic mass is 10.2. The number of nitrogens with zero attached hydrogens (tertiary/aromatic N) is 2. The number of carbonyl (C=O) groups excluding carboxylic acids is 1. The topological polar surface area (TPSA) is 74.0 Å². The first kappa shape index (κ1) is 10.6. The van der Waals surface area contributed by atoms with E-state index in [-0.39, 0.29) is 11.8 Å². The number of hydrogen-bond donors (Lipinski definition) is 1. The Kier molecular flexibility index (Phi) is 2.19. The molecule has 2 heterocycles. The summed E-state index contributed by atoms with van der Waals surface area (Å²) >= 11 is 0. The first-order valence-electron chi connectivity index (χ1n) is 5.49. The first-order valence-corrected chi connectivity index (χ1v) is 5.49. The van der Waals surface area contributed by atoms with Crippen LogP contribution >= 0.6 is 0 Å². The number of nitrogen functional groups attached to an aromatic ring is 1. The monoisotopic (exact) mass is 241 g/mol. The number of fused-ring (bicyclic) bond motifs is 1. The predicted octanol–water partition coefficient (Wildman–Crippen LogP) is 2.21. The minimum Gasteiger partial charge on any atom is -0.438 e. The molecule has 3 aromatic rings. The van der Waals surface area contributed by atoms with E-state index in [1.54, 1.807) is 13.1 Å². The van der Waals surface area contributed by atoms with Crippen LogP contribution in [-0.4, -0.2) is 15.5 Å². The van der Waals surface area contributed by atoms with Crippen LogP contribution in [-0.2, 0) is 0 Å². The summed E-state index contributed by atoms with van der Waals surface area (Å²) in [4.78, 5) is 16.2. The van der Waals surface area contributed by atoms with Crippen molar-refractivity contribution in [3.05, 3.63) is 48.3 Å². The predicted molar refractivity (Wildman–Crippen MR) is 67.3 cm³/mol. The molecule has 2 aromatic heterocycles. The maximum absolute atomic E-state index is 12.2. The van der Waals surface area contributed by atoms with Crippen molar-refractivity contribution in [1.29, 1.82) is 0 Å². The van der Waals surface area contributed by atoms with Gasteiger partial charge in [0.25, 0.3) is 5.89 Å². The quantitative estimate of drug-likeness (QED) is 0.708. The zero-order chi connectivity index (χ0) is 12.7. The number of oxazole rings is 1. The summed E-state index contributed by atoms with van der Waals surface area (Å²) in [5, 5.41) is 0.842. The highest BCUT2D eigenvalue weighted by molar-refractivity contribution is 6.03. The lowest BCUT2D eigenvalue weighted by Gasteiger charge is -1.99. The third-order valence-corrected chi connectivity index (χ3v) is 2.77. The summed E-state index contributed by atoms with van der Waals surface area (Å²) in [5.74, 6) is 0.340. The summed E-state index contributed by atoms with van der Waals surface area (Å²) in [6.45, 7) is 1.74. The van der Waals surface area contributed by atoms with Crippen molar-refractivity contribution in [2.24, 2.45) is 0 Å². The largest absolute Gasteiger partial charge is 0.438 e. The van der Waals surface area contributed by atoms with Crippen molar-refractivity contribution >= 4 is 22.5 Å². The number of para-hydroxylation sites is 1. The third-order valence-electron chi connectivity index (χ3n) is 2.77. The van der Waals surface area contributed by atoms with Gasteiger partial charge in [-0.2, -0.15) is 0 Å². The maximum Gasteiger partial charge on any atom is 0.318 e. The molecule has 0 bridgehead atoms. The Hall–Kier alpha value is -2.56. The molecule has 0 atom stereocenters. The fraction of sp³-hybridized carbons (Fsp3) is 0.0769. The number of hydrogen-bond acceptors (Lipinski definition) is 4. The van der Waals surface area contributed by atoms with E-state index < -0.39 is 0 Å². The molecule has 0 saturated carbocycles. The second kappa shape index (κ2) is 3.73. The van der Waals surface area contributed by atoms with E-state index in [9.17, 15) is 4.79 Å². The van der Waals surface area contributed by atoms with E-state index in [4.69, 9.17) is 10.2 Å². The average molecular weight is 241 g/mol. The van der Waals surface area contributed by atoms with Gasteiger partial charge in [-0.05, 0) is 13.0 Å². The van der Waals surface area contributed by atoms with E-state index in [1.807, 2.05) is 24.3 Å². The molecule has 2 N–H and O–H groups in total. The Morgan fingerprint density at radius 3 is 2.89 bits per heavy atom. The smallest absolute Gasteiger partial charge is 0.318 e. The number of carbonyl (C=O) groups is 1. The standard InChI is InChI=1S/C13H11N3O2/c1-8-6-15-12(18-8)13(17)16-7-10(14)9-4-2-3-5-11(9)16/h2-7H,14H2,1H3. The van der Waals surface area contributed by atoms with Crippen LogP contribution in [0.3, 0.4) is 0 Å². The number of nitrogens with two attached hydrogens (primary N) is 1. The fourth-order valence-electron chi connectivity index (χ4n) is 1.93. The Bertz CT molecular complexity index is 740. The van der Waals surface area contributed by atoms with Crippen molar-refractivity contribution in [3.63, 3.8) is 0 Å². The molecule has 1 aromatic carbocycles. The van der Waals surface area contributed by atoms with E-state index in [0.29, 0.717) is 11.4 Å². The SMILES string of the molecule is Cc1cnc(C(=O)n2cc(N)c3ccccc32)o1. The average Bonchev–Trinajstić information content (AvgIpc) is 2.94. The number of rotatable bonds is 1. The van der Waals surface area contributed by atoms with Crippen molar-refractivity contribution < 1.29 is 9.21 Å². The van der Waals surface area contributed by atoms with Crippen LogP contribution in [0.1, 0.15) is 16.4 Å². The van der Waals surface area contributed by atoms with Gasteiger partial charge in [-0.3, -0.25) is 9.36 Å². The number of anilines is 1. The fourth-order valence-corrected chi connectivity index (χ4v) is 1.93. The van der Waals surface area contributed by atoms with Crippen LogP contribution < -0.4 is 5.73 Å². The molecule has 0 radical (unpaired) electrons. The Morgan fingerprint density at radius 2 is 2.17 bits per heavy atom. The number of benzene rings is 1. The van der Waals surface area contributed by atoms with Crippen molar-refractivity contribution in [1.82, 2.24) is 9.55 Å². The van der Waals surface area contributed by atoms with Gasteiger partial charge in [-0.1, -0.05) is 18.2 Å². The molecule has 0 saturated heterocycles. The molecule has 0 aliphatic carbocycles. The van der Waals surface area contributed by atoms with Gasteiger partial charge in [-0.25, -0.2) is 4.98 Å². The van der Waals surface area contributed by atoms with Crippen LogP contribution in [0, 0.1) is 6.92 Å². The van der Waals surface area contributed by atoms with Gasteiger partial charge < -0.3 is 10.2 Å². The van der Waals surface area contributed by atoms with Gasteiger partial charge in [0.05, 0.1) is 17.4 Å². The zero-order valence-electron chi connectivity index (χ0n) is 9.75. The highest BCUT2D eigenvalue weighted by atomic mass is 16.4. The lowest BCUT2D eigenvalue weighted by Crippen LogP contribution is -2.10. The van der Waals surface area contributed by atoms with Crippen LogP contribution in [0.5, 0.6) is 0 Å². The minimum absolute atomic E-state index is 0.0632. The number of aromatic nitrogens is 2. The first-order chi connectivity index (χ1) is 8.66. The molecule has 5 heteroatoms. The third kappa shape index (κ3) is 1.48. The summed E-state index contributed by atoms with van der Waals surface area (Å²) in [6.07, 6.45) is 3.11. The molecule has 0 aliphatic heterocycles. The Labute approximate surface area is 103 Å². The highest BCUT2D eigenvalue weighted by Crippen LogP contribution is 2.23. The molecule has 0 fully saturated rings. The summed E-state index contributed by atoms with van der Waals surface area (Å²) < 4.78 is 6.69. The molecule has 90 valence electrons. The second-order valence-electron chi connectivity index (χ2n) is 4.05. The number of aryl methyl sites for hydroxylation is 1. The maximum atomic E-state index is 12.2. The molecular formula is C13H11N3O2. The van der Waals surface area contributed by atoms with E-state index in [0.717, 1.165) is 10.9 Å². The Balaban J connectivity index is 2.18. The molecule has 0 aliphatic rings. The zero-order valence-corrected chi connectivity index (χ0v) is 9.75. The van der Waals surface area contributed by atoms with Gasteiger partial charge in [0.15, 0.2) is 0 Å². The van der Waals surface area contributed by atoms with Gasteiger partial charge >= 0.3 is 5.91 Å². The summed E-state index contributed by atoms with van der Waals surface area (Å²) in [7, 11) is 0. The van der Waals surface area contributed by atoms with Crippen molar-refractivity contribution in [3.8, 4) is 0 Å². The van der Waals surface area contributed by atoms with Gasteiger partial charge in [-0.15, -0.1) is 0 Å². The van der Waals surface area contributed by atoms with E-state index in [1.165, 1.54) is 10.8 Å². The van der Waals surface area contributed by atoms with E-state index >= 15 is 0 Å². The van der Waals surface area contributed by atoms with Crippen molar-refractivity contribution in [2.45, 2.75) is 6.92 Å². The minimum atomic E-state index is -0.323. The molecule has 0 spiro atoms. The molecular weight excluding hydrogens is 230 g/mol. The Morgan fingerprint density at radius 1 is 1.39 bits per heavy atom. The molecule has 0 amide bonds. The van der Waals surface area contributed by atoms with Crippen LogP contribution in [0.25, 0.3) is 10.9 Å². The van der Waals surface area contributed by atoms with Gasteiger partial charge in [0.1, 0.15) is 5.76 Å². The van der Waals surface area contributed by atoms with Crippen molar-refractivity contribution in [2.75, 3.05) is 5.73 Å². The molecule has 18 heavy (non-hydrogen) atoms. The molecule has 3 rings (SSSR count). The van der Waals surface area contributed by atoms with Crippen LogP contribution in [0.15, 0.2) is 41.1 Å².